The Morgan fingerprint density at radius 3 is 2.26 bits per heavy atom. The number of hydrogen-bond donors (Lipinski definition) is 2. The van der Waals surface area contributed by atoms with Crippen molar-refractivity contribution in [2.24, 2.45) is 0 Å². The second-order valence-electron chi connectivity index (χ2n) is 4.65. The largest absolute Gasteiger partial charge is 0.497 e. The van der Waals surface area contributed by atoms with Crippen molar-refractivity contribution in [3.63, 3.8) is 0 Å². The van der Waals surface area contributed by atoms with Crippen LogP contribution in [0, 0.1) is 0 Å². The summed E-state index contributed by atoms with van der Waals surface area (Å²) in [4.78, 5) is 24.8. The summed E-state index contributed by atoms with van der Waals surface area (Å²) in [6.45, 7) is 0. The number of hydrogen-bond acceptors (Lipinski definition) is 4. The van der Waals surface area contributed by atoms with E-state index in [-0.39, 0.29) is 5.91 Å². The Morgan fingerprint density at radius 2 is 1.70 bits per heavy atom. The molecule has 0 heterocycles. The summed E-state index contributed by atoms with van der Waals surface area (Å²) in [6.07, 6.45) is 0. The molecule has 2 aromatic carbocycles. The van der Waals surface area contributed by atoms with Crippen LogP contribution in [0.4, 0.5) is 4.79 Å². The number of methoxy groups -OCH3 is 1. The number of ether oxygens (including phenoxy) is 1. The van der Waals surface area contributed by atoms with Gasteiger partial charge in [0.25, 0.3) is 0 Å². The van der Waals surface area contributed by atoms with Crippen molar-refractivity contribution < 1.29 is 14.3 Å². The highest BCUT2D eigenvalue weighted by atomic mass is 32.2. The maximum atomic E-state index is 12.4. The Kier molecular flexibility index (Phi) is 6.05. The number of imide groups is 1. The summed E-state index contributed by atoms with van der Waals surface area (Å²) >= 11 is 1.37. The van der Waals surface area contributed by atoms with Crippen LogP contribution in [0.25, 0.3) is 0 Å². The SMILES string of the molecule is CNC(=O)NC(=O)[C@H](Sc1ccc(OC)cc1)c1ccccc1. The predicted octanol–water partition coefficient (Wildman–Crippen LogP) is 2.98. The topological polar surface area (TPSA) is 67.4 Å². The van der Waals surface area contributed by atoms with Crippen molar-refractivity contribution in [2.75, 3.05) is 14.2 Å². The molecular weight excluding hydrogens is 312 g/mol. The summed E-state index contributed by atoms with van der Waals surface area (Å²) in [6, 6.07) is 16.3. The molecule has 0 saturated heterocycles. The van der Waals surface area contributed by atoms with E-state index in [1.807, 2.05) is 54.6 Å². The van der Waals surface area contributed by atoms with E-state index in [4.69, 9.17) is 4.74 Å². The third kappa shape index (κ3) is 4.75. The molecule has 0 aliphatic rings. The van der Waals surface area contributed by atoms with E-state index in [9.17, 15) is 9.59 Å². The number of benzene rings is 2. The van der Waals surface area contributed by atoms with Crippen LogP contribution >= 0.6 is 11.8 Å². The zero-order valence-electron chi connectivity index (χ0n) is 12.9. The molecule has 0 radical (unpaired) electrons. The Bertz CT molecular complexity index is 659. The van der Waals surface area contributed by atoms with Gasteiger partial charge in [-0.2, -0.15) is 0 Å². The van der Waals surface area contributed by atoms with Gasteiger partial charge in [-0.05, 0) is 29.8 Å². The summed E-state index contributed by atoms with van der Waals surface area (Å²) in [7, 11) is 3.07. The smallest absolute Gasteiger partial charge is 0.321 e. The highest BCUT2D eigenvalue weighted by Gasteiger charge is 2.23. The molecule has 0 aromatic heterocycles. The molecule has 0 aliphatic heterocycles. The van der Waals surface area contributed by atoms with E-state index >= 15 is 0 Å². The van der Waals surface area contributed by atoms with E-state index in [2.05, 4.69) is 10.6 Å². The number of thioether (sulfide) groups is 1. The van der Waals surface area contributed by atoms with Gasteiger partial charge in [-0.25, -0.2) is 4.79 Å². The maximum absolute atomic E-state index is 12.4. The van der Waals surface area contributed by atoms with Crippen molar-refractivity contribution in [1.82, 2.24) is 10.6 Å². The number of amides is 3. The Hall–Kier alpha value is -2.47. The molecule has 2 N–H and O–H groups in total. The van der Waals surface area contributed by atoms with Gasteiger partial charge < -0.3 is 10.1 Å². The van der Waals surface area contributed by atoms with Crippen molar-refractivity contribution in [3.8, 4) is 5.75 Å². The Balaban J connectivity index is 2.22. The average molecular weight is 330 g/mol. The first-order valence-corrected chi connectivity index (χ1v) is 7.90. The van der Waals surface area contributed by atoms with Gasteiger partial charge in [0.15, 0.2) is 0 Å². The minimum Gasteiger partial charge on any atom is -0.497 e. The second kappa shape index (κ2) is 8.24. The standard InChI is InChI=1S/C17H18N2O3S/c1-18-17(21)19-16(20)15(12-6-4-3-5-7-12)23-14-10-8-13(22-2)9-11-14/h3-11,15H,1-2H3,(H2,18,19,20,21)/t15-/m1/s1. The van der Waals surface area contributed by atoms with Crippen LogP contribution in [-0.2, 0) is 4.79 Å². The fourth-order valence-electron chi connectivity index (χ4n) is 1.93. The van der Waals surface area contributed by atoms with Crippen molar-refractivity contribution in [3.05, 3.63) is 60.2 Å². The number of rotatable bonds is 5. The molecule has 5 nitrogen and oxygen atoms in total. The lowest BCUT2D eigenvalue weighted by atomic mass is 10.1. The average Bonchev–Trinajstić information content (AvgIpc) is 2.60. The van der Waals surface area contributed by atoms with Crippen LogP contribution < -0.4 is 15.4 Å². The van der Waals surface area contributed by atoms with Crippen LogP contribution in [0.15, 0.2) is 59.5 Å². The molecule has 0 aliphatic carbocycles. The molecule has 6 heteroatoms. The molecule has 120 valence electrons. The van der Waals surface area contributed by atoms with Crippen LogP contribution in [0.3, 0.4) is 0 Å². The summed E-state index contributed by atoms with van der Waals surface area (Å²) in [5.74, 6) is 0.386. The molecule has 0 spiro atoms. The van der Waals surface area contributed by atoms with Gasteiger partial charge in [-0.1, -0.05) is 30.3 Å². The summed E-state index contributed by atoms with van der Waals surface area (Å²) in [5.41, 5.74) is 0.828. The molecule has 0 saturated carbocycles. The van der Waals surface area contributed by atoms with Crippen molar-refractivity contribution in [1.29, 1.82) is 0 Å². The third-order valence-electron chi connectivity index (χ3n) is 3.12. The number of nitrogens with one attached hydrogen (secondary N) is 2. The van der Waals surface area contributed by atoms with Gasteiger partial charge in [-0.15, -0.1) is 11.8 Å². The van der Waals surface area contributed by atoms with Crippen LogP contribution in [0.2, 0.25) is 0 Å². The van der Waals surface area contributed by atoms with Gasteiger partial charge >= 0.3 is 6.03 Å². The van der Waals surface area contributed by atoms with E-state index in [0.717, 1.165) is 16.2 Å². The maximum Gasteiger partial charge on any atom is 0.321 e. The molecule has 0 bridgehead atoms. The van der Waals surface area contributed by atoms with Crippen LogP contribution in [-0.4, -0.2) is 26.1 Å². The van der Waals surface area contributed by atoms with Crippen LogP contribution in [0.5, 0.6) is 5.75 Å². The van der Waals surface area contributed by atoms with E-state index in [0.29, 0.717) is 0 Å². The highest BCUT2D eigenvalue weighted by molar-refractivity contribution is 8.00. The lowest BCUT2D eigenvalue weighted by Crippen LogP contribution is -2.39. The zero-order chi connectivity index (χ0) is 16.7. The Labute approximate surface area is 139 Å². The minimum absolute atomic E-state index is 0.364. The summed E-state index contributed by atoms with van der Waals surface area (Å²) in [5, 5.41) is 4.19. The minimum atomic E-state index is -0.526. The van der Waals surface area contributed by atoms with Crippen molar-refractivity contribution >= 4 is 23.7 Å². The number of carbonyl (C=O) groups excluding carboxylic acids is 2. The van der Waals surface area contributed by atoms with E-state index < -0.39 is 11.3 Å². The molecule has 23 heavy (non-hydrogen) atoms. The quantitative estimate of drug-likeness (QED) is 0.827. The lowest BCUT2D eigenvalue weighted by Gasteiger charge is -2.16. The van der Waals surface area contributed by atoms with E-state index in [1.165, 1.54) is 18.8 Å². The molecule has 0 unspecified atom stereocenters. The fraction of sp³-hybridized carbons (Fsp3) is 0.176. The highest BCUT2D eigenvalue weighted by Crippen LogP contribution is 2.36. The summed E-state index contributed by atoms with van der Waals surface area (Å²) < 4.78 is 5.13. The molecule has 2 rings (SSSR count). The zero-order valence-corrected chi connectivity index (χ0v) is 13.7. The molecule has 2 aromatic rings. The predicted molar refractivity (Wildman–Crippen MR) is 90.6 cm³/mol. The third-order valence-corrected chi connectivity index (χ3v) is 4.38. The van der Waals surface area contributed by atoms with Gasteiger partial charge in [0.05, 0.1) is 7.11 Å². The number of carbonyl (C=O) groups is 2. The fourth-order valence-corrected chi connectivity index (χ4v) is 2.96. The molecular formula is C17H18N2O3S. The van der Waals surface area contributed by atoms with Gasteiger partial charge in [0.1, 0.15) is 11.0 Å². The van der Waals surface area contributed by atoms with Crippen LogP contribution in [0.1, 0.15) is 10.8 Å². The lowest BCUT2D eigenvalue weighted by molar-refractivity contribution is -0.119. The first-order chi connectivity index (χ1) is 11.1. The monoisotopic (exact) mass is 330 g/mol. The Morgan fingerprint density at radius 1 is 1.04 bits per heavy atom. The normalized spacial score (nSPS) is 11.4. The van der Waals surface area contributed by atoms with Gasteiger partial charge in [-0.3, -0.25) is 10.1 Å². The van der Waals surface area contributed by atoms with Gasteiger partial charge in [0, 0.05) is 11.9 Å². The first-order valence-electron chi connectivity index (χ1n) is 7.02. The first kappa shape index (κ1) is 16.9. The molecule has 1 atom stereocenters. The number of urea groups is 1. The second-order valence-corrected chi connectivity index (χ2v) is 5.83. The molecule has 0 fully saturated rings. The molecule has 3 amide bonds. The van der Waals surface area contributed by atoms with Gasteiger partial charge in [0.2, 0.25) is 5.91 Å². The van der Waals surface area contributed by atoms with Crippen molar-refractivity contribution in [2.45, 2.75) is 10.1 Å². The van der Waals surface area contributed by atoms with E-state index in [1.54, 1.807) is 7.11 Å².